The molecule has 2 amide bonds. The zero-order valence-corrected chi connectivity index (χ0v) is 21.6. The monoisotopic (exact) mass is 542 g/mol. The lowest BCUT2D eigenvalue weighted by atomic mass is 10.1. The van der Waals surface area contributed by atoms with Crippen LogP contribution in [0.15, 0.2) is 96.2 Å². The molecule has 0 fully saturated rings. The van der Waals surface area contributed by atoms with E-state index in [1.165, 1.54) is 36.0 Å². The van der Waals surface area contributed by atoms with Gasteiger partial charge < -0.3 is 10.6 Å². The van der Waals surface area contributed by atoms with Crippen LogP contribution in [-0.4, -0.2) is 25.7 Å². The first-order chi connectivity index (χ1) is 18.9. The summed E-state index contributed by atoms with van der Waals surface area (Å²) in [6.07, 6.45) is 0. The van der Waals surface area contributed by atoms with Crippen LogP contribution in [0.4, 0.5) is 20.6 Å². The number of amides is 2. The van der Waals surface area contributed by atoms with Crippen LogP contribution >= 0.6 is 11.8 Å². The van der Waals surface area contributed by atoms with E-state index in [1.54, 1.807) is 35.8 Å². The predicted molar refractivity (Wildman–Crippen MR) is 148 cm³/mol. The lowest BCUT2D eigenvalue weighted by molar-refractivity contribution is -0.384. The Hall–Kier alpha value is -4.77. The summed E-state index contributed by atoms with van der Waals surface area (Å²) in [5.74, 6) is 0.620. The highest BCUT2D eigenvalue weighted by atomic mass is 32.2. The zero-order chi connectivity index (χ0) is 27.4. The average molecular weight is 543 g/mol. The summed E-state index contributed by atoms with van der Waals surface area (Å²) in [7, 11) is 0. The summed E-state index contributed by atoms with van der Waals surface area (Å²) < 4.78 is 15.1. The first-order valence-electron chi connectivity index (χ1n) is 12.0. The third kappa shape index (κ3) is 5.88. The lowest BCUT2D eigenvalue weighted by Gasteiger charge is -2.17. The van der Waals surface area contributed by atoms with Crippen molar-refractivity contribution in [2.75, 3.05) is 5.32 Å². The highest BCUT2D eigenvalue weighted by Gasteiger charge is 2.22. The minimum absolute atomic E-state index is 0.0467. The van der Waals surface area contributed by atoms with Crippen molar-refractivity contribution in [1.82, 2.24) is 20.1 Å². The van der Waals surface area contributed by atoms with Gasteiger partial charge in [0.15, 0.2) is 11.0 Å². The van der Waals surface area contributed by atoms with Crippen molar-refractivity contribution < 1.29 is 14.1 Å². The van der Waals surface area contributed by atoms with Gasteiger partial charge in [-0.25, -0.2) is 9.18 Å². The van der Waals surface area contributed by atoms with Gasteiger partial charge in [-0.05, 0) is 48.2 Å². The number of nitro benzene ring substituents is 1. The molecule has 1 atom stereocenters. The second-order valence-electron chi connectivity index (χ2n) is 8.71. The average Bonchev–Trinajstić information content (AvgIpc) is 3.37. The molecule has 5 rings (SSSR count). The molecule has 0 aliphatic carbocycles. The summed E-state index contributed by atoms with van der Waals surface area (Å²) in [6, 6.07) is 24.6. The Balaban J connectivity index is 1.40. The fourth-order valence-corrected chi connectivity index (χ4v) is 5.02. The topological polar surface area (TPSA) is 115 Å². The largest absolute Gasteiger partial charge is 0.328 e. The molecule has 196 valence electrons. The van der Waals surface area contributed by atoms with Gasteiger partial charge >= 0.3 is 6.03 Å². The van der Waals surface area contributed by atoms with Crippen LogP contribution < -0.4 is 10.6 Å². The number of carbonyl (C=O) groups is 1. The fourth-order valence-electron chi connectivity index (χ4n) is 4.10. The molecule has 9 nitrogen and oxygen atoms in total. The lowest BCUT2D eigenvalue weighted by Crippen LogP contribution is -2.32. The number of nitro groups is 1. The van der Waals surface area contributed by atoms with E-state index >= 15 is 0 Å². The van der Waals surface area contributed by atoms with Gasteiger partial charge in [-0.3, -0.25) is 14.7 Å². The second-order valence-corrected chi connectivity index (χ2v) is 9.65. The van der Waals surface area contributed by atoms with E-state index in [0.717, 1.165) is 16.3 Å². The Morgan fingerprint density at radius 3 is 2.46 bits per heavy atom. The zero-order valence-electron chi connectivity index (χ0n) is 20.7. The quantitative estimate of drug-likeness (QED) is 0.129. The number of carbonyl (C=O) groups excluding carboxylic acids is 1. The van der Waals surface area contributed by atoms with Crippen LogP contribution in [0.25, 0.3) is 16.5 Å². The van der Waals surface area contributed by atoms with Crippen molar-refractivity contribution in [3.05, 3.63) is 118 Å². The molecule has 0 radical (unpaired) electrons. The molecule has 0 saturated carbocycles. The molecule has 0 bridgehead atoms. The van der Waals surface area contributed by atoms with E-state index in [-0.39, 0.29) is 11.5 Å². The number of halogens is 1. The van der Waals surface area contributed by atoms with Crippen molar-refractivity contribution in [2.45, 2.75) is 23.9 Å². The molecule has 1 aromatic heterocycles. The SMILES string of the molecule is CC(NC(=O)Nc1cccc2ccccc12)c1nnc(SCc2ccc(F)cc2)n1-c1ccc([N+](=O)[O-])cc1. The molecule has 11 heteroatoms. The van der Waals surface area contributed by atoms with E-state index in [9.17, 15) is 19.3 Å². The van der Waals surface area contributed by atoms with Gasteiger partial charge in [0, 0.05) is 29.0 Å². The number of aromatic nitrogens is 3. The van der Waals surface area contributed by atoms with Crippen molar-refractivity contribution in [2.24, 2.45) is 0 Å². The van der Waals surface area contributed by atoms with Crippen LogP contribution in [0.2, 0.25) is 0 Å². The molecule has 0 saturated heterocycles. The van der Waals surface area contributed by atoms with Crippen LogP contribution in [0, 0.1) is 15.9 Å². The van der Waals surface area contributed by atoms with Gasteiger partial charge in [0.25, 0.3) is 5.69 Å². The molecule has 1 heterocycles. The van der Waals surface area contributed by atoms with Gasteiger partial charge in [-0.1, -0.05) is 60.3 Å². The number of urea groups is 1. The Morgan fingerprint density at radius 2 is 1.72 bits per heavy atom. The van der Waals surface area contributed by atoms with Crippen molar-refractivity contribution in [3.63, 3.8) is 0 Å². The Bertz CT molecular complexity index is 1630. The highest BCUT2D eigenvalue weighted by molar-refractivity contribution is 7.98. The summed E-state index contributed by atoms with van der Waals surface area (Å²) in [5, 5.41) is 28.1. The maximum atomic E-state index is 13.3. The summed E-state index contributed by atoms with van der Waals surface area (Å²) in [6.45, 7) is 1.78. The molecular weight excluding hydrogens is 519 g/mol. The smallest absolute Gasteiger partial charge is 0.319 e. The third-order valence-corrected chi connectivity index (χ3v) is 7.03. The van der Waals surface area contributed by atoms with E-state index in [0.29, 0.717) is 28.1 Å². The molecule has 0 aliphatic rings. The first kappa shape index (κ1) is 25.9. The Labute approximate surface area is 227 Å². The van der Waals surface area contributed by atoms with Crippen LogP contribution in [0.1, 0.15) is 24.4 Å². The van der Waals surface area contributed by atoms with E-state index in [2.05, 4.69) is 20.8 Å². The van der Waals surface area contributed by atoms with Crippen molar-refractivity contribution >= 4 is 39.9 Å². The third-order valence-electron chi connectivity index (χ3n) is 6.03. The van der Waals surface area contributed by atoms with Gasteiger partial charge in [0.2, 0.25) is 0 Å². The van der Waals surface area contributed by atoms with Crippen molar-refractivity contribution in [3.8, 4) is 5.69 Å². The summed E-state index contributed by atoms with van der Waals surface area (Å²) in [4.78, 5) is 23.7. The number of anilines is 1. The number of nitrogens with zero attached hydrogens (tertiary/aromatic N) is 4. The number of rotatable bonds is 8. The number of hydrogen-bond donors (Lipinski definition) is 2. The molecular formula is C28H23FN6O3S. The number of hydrogen-bond acceptors (Lipinski definition) is 6. The van der Waals surface area contributed by atoms with Crippen LogP contribution in [-0.2, 0) is 5.75 Å². The number of fused-ring (bicyclic) bond motifs is 1. The van der Waals surface area contributed by atoms with Crippen LogP contribution in [0.3, 0.4) is 0 Å². The summed E-state index contributed by atoms with van der Waals surface area (Å²) >= 11 is 1.38. The summed E-state index contributed by atoms with van der Waals surface area (Å²) in [5.41, 5.74) is 2.12. The van der Waals surface area contributed by atoms with E-state index in [4.69, 9.17) is 0 Å². The predicted octanol–water partition coefficient (Wildman–Crippen LogP) is 6.64. The number of thioether (sulfide) groups is 1. The van der Waals surface area contributed by atoms with Crippen LogP contribution in [0.5, 0.6) is 0 Å². The fraction of sp³-hybridized carbons (Fsp3) is 0.107. The van der Waals surface area contributed by atoms with Gasteiger partial charge in [0.05, 0.1) is 16.7 Å². The normalized spacial score (nSPS) is 11.7. The molecule has 0 aliphatic heterocycles. The number of nitrogens with one attached hydrogen (secondary N) is 2. The minimum atomic E-state index is -0.567. The Kier molecular flexibility index (Phi) is 7.50. The van der Waals surface area contributed by atoms with Gasteiger partial charge in [-0.15, -0.1) is 10.2 Å². The molecule has 2 N–H and O–H groups in total. The maximum absolute atomic E-state index is 13.3. The molecule has 1 unspecified atom stereocenters. The standard InChI is InChI=1S/C28H23FN6O3S/c1-18(30-27(36)31-25-8-4-6-20-5-2-3-7-24(20)25)26-32-33-28(39-17-19-9-11-21(29)12-10-19)34(26)22-13-15-23(16-14-22)35(37)38/h2-16,18H,17H2,1H3,(H2,30,31,36). The van der Waals surface area contributed by atoms with E-state index in [1.807, 2.05) is 42.5 Å². The van der Waals surface area contributed by atoms with E-state index < -0.39 is 17.0 Å². The number of non-ortho nitro benzene ring substituents is 1. The second kappa shape index (κ2) is 11.3. The molecule has 39 heavy (non-hydrogen) atoms. The molecule has 5 aromatic rings. The number of benzene rings is 4. The van der Waals surface area contributed by atoms with Crippen molar-refractivity contribution in [1.29, 1.82) is 0 Å². The highest BCUT2D eigenvalue weighted by Crippen LogP contribution is 2.29. The minimum Gasteiger partial charge on any atom is -0.328 e. The molecule has 0 spiro atoms. The first-order valence-corrected chi connectivity index (χ1v) is 13.0. The van der Waals surface area contributed by atoms with Gasteiger partial charge in [-0.2, -0.15) is 0 Å². The maximum Gasteiger partial charge on any atom is 0.319 e. The van der Waals surface area contributed by atoms with Gasteiger partial charge in [0.1, 0.15) is 5.82 Å². The molecule has 4 aromatic carbocycles. The Morgan fingerprint density at radius 1 is 1.00 bits per heavy atom.